The fraction of sp³-hybridized carbons (Fsp3) is 0.946. The van der Waals surface area contributed by atoms with E-state index >= 15 is 0 Å². The molecule has 0 aromatic carbocycles. The molecule has 0 spiro atoms. The maximum absolute atomic E-state index is 13.0. The molecule has 0 bridgehead atoms. The minimum Gasteiger partial charge on any atom is -0.462 e. The summed E-state index contributed by atoms with van der Waals surface area (Å²) < 4.78 is 68.3. The Balaban J connectivity index is 5.16. The summed E-state index contributed by atoms with van der Waals surface area (Å²) in [6, 6.07) is 0. The Kier molecular flexibility index (Phi) is 62.2. The predicted molar refractivity (Wildman–Crippen MR) is 377 cm³/mol. The number of aliphatic hydroxyl groups is 1. The first-order chi connectivity index (χ1) is 44.7. The third-order valence-electron chi connectivity index (χ3n) is 18.2. The molecule has 8 atom stereocenters. The van der Waals surface area contributed by atoms with Crippen LogP contribution in [0, 0.1) is 23.7 Å². The van der Waals surface area contributed by atoms with Crippen LogP contribution in [0.1, 0.15) is 370 Å². The van der Waals surface area contributed by atoms with Gasteiger partial charge in [0.15, 0.2) is 12.2 Å². The summed E-state index contributed by atoms with van der Waals surface area (Å²) >= 11 is 0. The fourth-order valence-corrected chi connectivity index (χ4v) is 12.7. The van der Waals surface area contributed by atoms with Crippen molar-refractivity contribution >= 4 is 39.5 Å². The summed E-state index contributed by atoms with van der Waals surface area (Å²) in [4.78, 5) is 72.6. The van der Waals surface area contributed by atoms with Crippen LogP contribution in [0.15, 0.2) is 0 Å². The van der Waals surface area contributed by atoms with Crippen LogP contribution in [0.2, 0.25) is 0 Å². The second kappa shape index (κ2) is 63.5. The molecule has 0 aliphatic carbocycles. The van der Waals surface area contributed by atoms with E-state index in [0.29, 0.717) is 31.6 Å². The van der Waals surface area contributed by atoms with Gasteiger partial charge >= 0.3 is 39.5 Å². The lowest BCUT2D eigenvalue weighted by molar-refractivity contribution is -0.161. The van der Waals surface area contributed by atoms with E-state index in [0.717, 1.165) is 120 Å². The SMILES string of the molecule is CCC(C)CCCCCCCCCCCCCCCCCCCCC(=O)O[C@H](COC(=O)CCCCCCCCC(C)CC)COP(=O)(O)OC[C@H](O)COP(=O)(O)OC[C@@H](COC(=O)CCCCCCCCC(C)C)OC(=O)CCCCCCCCCCC(C)CC. The largest absolute Gasteiger partial charge is 0.472 e. The number of rotatable bonds is 71. The van der Waals surface area contributed by atoms with Crippen LogP contribution in [0.25, 0.3) is 0 Å². The third-order valence-corrected chi connectivity index (χ3v) is 20.1. The normalized spacial score (nSPS) is 15.1. The molecule has 0 aromatic heterocycles. The second-order valence-corrected chi connectivity index (χ2v) is 30.8. The van der Waals surface area contributed by atoms with Gasteiger partial charge in [0.05, 0.1) is 26.4 Å². The molecule has 0 saturated carbocycles. The number of hydrogen-bond acceptors (Lipinski definition) is 15. The lowest BCUT2D eigenvalue weighted by Gasteiger charge is -2.21. The Morgan fingerprint density at radius 3 is 0.763 bits per heavy atom. The van der Waals surface area contributed by atoms with Gasteiger partial charge in [-0.2, -0.15) is 0 Å². The van der Waals surface area contributed by atoms with Gasteiger partial charge in [0.1, 0.15) is 19.3 Å². The quantitative estimate of drug-likeness (QED) is 0.0222. The van der Waals surface area contributed by atoms with Crippen molar-refractivity contribution in [1.29, 1.82) is 0 Å². The van der Waals surface area contributed by atoms with Crippen molar-refractivity contribution in [3.8, 4) is 0 Å². The van der Waals surface area contributed by atoms with Crippen LogP contribution in [0.5, 0.6) is 0 Å². The van der Waals surface area contributed by atoms with Crippen molar-refractivity contribution in [2.45, 2.75) is 388 Å². The Labute approximate surface area is 568 Å². The monoisotopic (exact) mass is 1370 g/mol. The fourth-order valence-electron chi connectivity index (χ4n) is 11.1. The number of unbranched alkanes of at least 4 members (excludes halogenated alkanes) is 34. The topological polar surface area (TPSA) is 237 Å². The van der Waals surface area contributed by atoms with Gasteiger partial charge in [-0.05, 0) is 49.4 Å². The molecule has 0 rings (SSSR count). The molecular weight excluding hydrogens is 1220 g/mol. The molecule has 0 fully saturated rings. The molecule has 93 heavy (non-hydrogen) atoms. The number of aliphatic hydroxyl groups excluding tert-OH is 1. The van der Waals surface area contributed by atoms with Crippen LogP contribution in [0.3, 0.4) is 0 Å². The summed E-state index contributed by atoms with van der Waals surface area (Å²) in [7, 11) is -9.91. The van der Waals surface area contributed by atoms with Gasteiger partial charge in [-0.25, -0.2) is 9.13 Å². The standard InChI is InChI=1S/C74H144O17P2/c1-9-65(6)51-43-35-26-22-20-18-16-14-12-13-15-17-19-21-23-28-40-48-56-73(78)90-70(61-85-72(77)55-47-39-33-31-37-45-53-67(8)11-3)63-89-93(82,83)87-59-68(75)58-86-92(80,81)88-62-69(60-84-71(76)54-46-38-32-30-34-42-50-64(4)5)91-74(79)57-49-41-29-25-24-27-36-44-52-66(7)10-2/h64-70,75H,9-63H2,1-8H3,(H,80,81)(H,82,83)/t65?,66?,67?,68-,69-,70-/m1/s1. The Bertz CT molecular complexity index is 1840. The van der Waals surface area contributed by atoms with Crippen molar-refractivity contribution in [1.82, 2.24) is 0 Å². The Hall–Kier alpha value is -1.94. The maximum Gasteiger partial charge on any atom is 0.472 e. The van der Waals surface area contributed by atoms with Crippen LogP contribution in [-0.2, 0) is 65.4 Å². The minimum absolute atomic E-state index is 0.103. The number of ether oxygens (including phenoxy) is 4. The van der Waals surface area contributed by atoms with E-state index in [1.807, 2.05) is 0 Å². The molecule has 0 aliphatic rings. The van der Waals surface area contributed by atoms with E-state index in [4.69, 9.17) is 37.0 Å². The first-order valence-corrected chi connectivity index (χ1v) is 41.3. The zero-order valence-electron chi connectivity index (χ0n) is 60.9. The Morgan fingerprint density at radius 1 is 0.301 bits per heavy atom. The van der Waals surface area contributed by atoms with E-state index in [1.165, 1.54) is 161 Å². The van der Waals surface area contributed by atoms with Crippen LogP contribution in [0.4, 0.5) is 0 Å². The average molecular weight is 1370 g/mol. The van der Waals surface area contributed by atoms with Crippen molar-refractivity contribution in [3.63, 3.8) is 0 Å². The maximum atomic E-state index is 13.0. The molecule has 17 nitrogen and oxygen atoms in total. The molecule has 552 valence electrons. The van der Waals surface area contributed by atoms with Crippen molar-refractivity contribution in [2.75, 3.05) is 39.6 Å². The van der Waals surface area contributed by atoms with Gasteiger partial charge in [-0.3, -0.25) is 37.3 Å². The number of phosphoric acid groups is 2. The van der Waals surface area contributed by atoms with Gasteiger partial charge in [0.25, 0.3) is 0 Å². The Morgan fingerprint density at radius 2 is 0.516 bits per heavy atom. The molecule has 3 N–H and O–H groups in total. The number of hydrogen-bond donors (Lipinski definition) is 3. The molecule has 0 saturated heterocycles. The van der Waals surface area contributed by atoms with E-state index < -0.39 is 97.5 Å². The van der Waals surface area contributed by atoms with Gasteiger partial charge in [-0.1, -0.05) is 319 Å². The molecule has 0 aliphatic heterocycles. The average Bonchev–Trinajstić information content (AvgIpc) is 2.28. The highest BCUT2D eigenvalue weighted by molar-refractivity contribution is 7.47. The van der Waals surface area contributed by atoms with Crippen molar-refractivity contribution < 1.29 is 80.2 Å². The smallest absolute Gasteiger partial charge is 0.462 e. The highest BCUT2D eigenvalue weighted by Gasteiger charge is 2.30. The summed E-state index contributed by atoms with van der Waals surface area (Å²) in [6.07, 6.45) is 47.5. The highest BCUT2D eigenvalue weighted by atomic mass is 31.2. The number of carbonyl (C=O) groups is 4. The van der Waals surface area contributed by atoms with E-state index in [1.54, 1.807) is 0 Å². The van der Waals surface area contributed by atoms with E-state index in [9.17, 15) is 43.2 Å². The predicted octanol–water partition coefficient (Wildman–Crippen LogP) is 21.3. The molecular formula is C74H144O17P2. The lowest BCUT2D eigenvalue weighted by Crippen LogP contribution is -2.30. The van der Waals surface area contributed by atoms with Gasteiger partial charge in [0.2, 0.25) is 0 Å². The summed E-state index contributed by atoms with van der Waals surface area (Å²) in [5, 5.41) is 10.6. The first-order valence-electron chi connectivity index (χ1n) is 38.3. The molecule has 0 radical (unpaired) electrons. The second-order valence-electron chi connectivity index (χ2n) is 27.9. The number of esters is 4. The van der Waals surface area contributed by atoms with E-state index in [-0.39, 0.29) is 25.7 Å². The number of carbonyl (C=O) groups excluding carboxylic acids is 4. The molecule has 0 heterocycles. The highest BCUT2D eigenvalue weighted by Crippen LogP contribution is 2.45. The summed E-state index contributed by atoms with van der Waals surface area (Å²) in [6.45, 7) is 14.1. The van der Waals surface area contributed by atoms with Crippen LogP contribution < -0.4 is 0 Å². The molecule has 5 unspecified atom stereocenters. The van der Waals surface area contributed by atoms with Gasteiger partial charge in [0, 0.05) is 25.7 Å². The van der Waals surface area contributed by atoms with Crippen molar-refractivity contribution in [2.24, 2.45) is 23.7 Å². The summed E-state index contributed by atoms with van der Waals surface area (Å²) in [5.41, 5.74) is 0. The first kappa shape index (κ1) is 91.1. The molecule has 0 amide bonds. The third kappa shape index (κ3) is 64.5. The molecule has 0 aromatic rings. The zero-order valence-corrected chi connectivity index (χ0v) is 62.7. The van der Waals surface area contributed by atoms with Gasteiger partial charge in [-0.15, -0.1) is 0 Å². The molecule has 19 heteroatoms. The lowest BCUT2D eigenvalue weighted by atomic mass is 9.99. The van der Waals surface area contributed by atoms with Crippen LogP contribution in [-0.4, -0.2) is 96.7 Å². The van der Waals surface area contributed by atoms with Gasteiger partial charge < -0.3 is 33.8 Å². The number of phosphoric ester groups is 2. The van der Waals surface area contributed by atoms with Crippen LogP contribution >= 0.6 is 15.6 Å². The zero-order chi connectivity index (χ0) is 68.9. The summed E-state index contributed by atoms with van der Waals surface area (Å²) in [5.74, 6) is 0.921. The van der Waals surface area contributed by atoms with E-state index in [2.05, 4.69) is 55.4 Å². The minimum atomic E-state index is -4.96. The van der Waals surface area contributed by atoms with Crippen molar-refractivity contribution in [3.05, 3.63) is 0 Å².